The summed E-state index contributed by atoms with van der Waals surface area (Å²) in [5, 5.41) is 16.3. The minimum absolute atomic E-state index is 0.0166. The van der Waals surface area contributed by atoms with E-state index in [1.807, 2.05) is 30.5 Å². The lowest BCUT2D eigenvalue weighted by Crippen LogP contribution is -2.46. The molecule has 2 amide bonds. The third-order valence-electron chi connectivity index (χ3n) is 7.11. The number of anilines is 1. The van der Waals surface area contributed by atoms with Crippen molar-refractivity contribution < 1.29 is 19.4 Å². The van der Waals surface area contributed by atoms with Gasteiger partial charge in [-0.05, 0) is 48.8 Å². The highest BCUT2D eigenvalue weighted by Crippen LogP contribution is 2.40. The number of aliphatic hydroxyl groups excluding tert-OH is 1. The SMILES string of the molecule is CSc1ccccc1[C@H]1CCCN1C(=O)C(=O)NCCc1ccc2c(c1)[C@H]1C[C@@H](N2)[C@H](O)CO1. The Balaban J connectivity index is 1.19. The van der Waals surface area contributed by atoms with Crippen LogP contribution in [0.1, 0.15) is 48.1 Å². The Kier molecular flexibility index (Phi) is 6.81. The third kappa shape index (κ3) is 4.54. The second kappa shape index (κ2) is 9.98. The van der Waals surface area contributed by atoms with Gasteiger partial charge in [-0.15, -0.1) is 11.8 Å². The normalized spacial score (nSPS) is 25.4. The smallest absolute Gasteiger partial charge is 0.312 e. The quantitative estimate of drug-likeness (QED) is 0.449. The van der Waals surface area contributed by atoms with Gasteiger partial charge in [-0.25, -0.2) is 0 Å². The molecule has 2 fully saturated rings. The molecule has 3 aliphatic rings. The summed E-state index contributed by atoms with van der Waals surface area (Å²) < 4.78 is 5.83. The molecule has 0 spiro atoms. The molecule has 0 unspecified atom stereocenters. The van der Waals surface area contributed by atoms with Crippen LogP contribution in [0.5, 0.6) is 0 Å². The van der Waals surface area contributed by atoms with Crippen molar-refractivity contribution in [1.82, 2.24) is 10.2 Å². The summed E-state index contributed by atoms with van der Waals surface area (Å²) in [6.45, 7) is 1.33. The number of nitrogens with one attached hydrogen (secondary N) is 2. The van der Waals surface area contributed by atoms with Gasteiger partial charge >= 0.3 is 11.8 Å². The van der Waals surface area contributed by atoms with Crippen LogP contribution in [-0.2, 0) is 20.7 Å². The fourth-order valence-corrected chi connectivity index (χ4v) is 5.98. The van der Waals surface area contributed by atoms with Crippen LogP contribution in [0.4, 0.5) is 5.69 Å². The molecule has 2 bridgehead atoms. The number of fused-ring (bicyclic) bond motifs is 4. The van der Waals surface area contributed by atoms with E-state index < -0.39 is 17.9 Å². The van der Waals surface area contributed by atoms with Crippen LogP contribution in [0.25, 0.3) is 0 Å². The predicted molar refractivity (Wildman–Crippen MR) is 132 cm³/mol. The van der Waals surface area contributed by atoms with Crippen LogP contribution >= 0.6 is 11.8 Å². The molecule has 8 heteroatoms. The molecule has 7 nitrogen and oxygen atoms in total. The van der Waals surface area contributed by atoms with Gasteiger partial charge in [-0.2, -0.15) is 0 Å². The number of aliphatic hydroxyl groups is 1. The molecule has 5 rings (SSSR count). The van der Waals surface area contributed by atoms with Crippen LogP contribution in [0.2, 0.25) is 0 Å². The van der Waals surface area contributed by atoms with Crippen LogP contribution < -0.4 is 10.6 Å². The number of carbonyl (C=O) groups is 2. The Morgan fingerprint density at radius 2 is 2.09 bits per heavy atom. The molecule has 0 aromatic heterocycles. The van der Waals surface area contributed by atoms with Gasteiger partial charge in [0.05, 0.1) is 30.9 Å². The number of hydrogen-bond acceptors (Lipinski definition) is 6. The maximum absolute atomic E-state index is 13.0. The van der Waals surface area contributed by atoms with Crippen molar-refractivity contribution in [2.45, 2.75) is 54.9 Å². The van der Waals surface area contributed by atoms with Gasteiger partial charge in [0.15, 0.2) is 0 Å². The van der Waals surface area contributed by atoms with Crippen molar-refractivity contribution in [3.8, 4) is 0 Å². The lowest BCUT2D eigenvalue weighted by atomic mass is 9.89. The first-order valence-electron chi connectivity index (χ1n) is 12.0. The number of nitrogens with zero attached hydrogens (tertiary/aromatic N) is 1. The molecule has 3 aliphatic heterocycles. The second-order valence-corrected chi connectivity index (χ2v) is 10.0. The average Bonchev–Trinajstić information content (AvgIpc) is 3.35. The highest BCUT2D eigenvalue weighted by molar-refractivity contribution is 7.98. The van der Waals surface area contributed by atoms with E-state index in [0.29, 0.717) is 26.1 Å². The van der Waals surface area contributed by atoms with Crippen molar-refractivity contribution in [3.63, 3.8) is 0 Å². The minimum Gasteiger partial charge on any atom is -0.389 e. The minimum atomic E-state index is -0.541. The Morgan fingerprint density at radius 3 is 2.94 bits per heavy atom. The standard InChI is InChI=1S/C26H31N3O4S/c1-34-24-7-3-2-5-17(24)21-6-4-12-29(21)26(32)25(31)27-11-10-16-8-9-19-18(13-16)23-14-20(28-19)22(30)15-33-23/h2-3,5,7-9,13,20-23,28,30H,4,6,10-12,14-15H2,1H3,(H,27,31)/t20-,21-,22-,23-/m1/s1. The zero-order valence-electron chi connectivity index (χ0n) is 19.3. The zero-order valence-corrected chi connectivity index (χ0v) is 20.1. The molecule has 34 heavy (non-hydrogen) atoms. The first-order valence-corrected chi connectivity index (χ1v) is 13.2. The van der Waals surface area contributed by atoms with E-state index in [1.165, 1.54) is 0 Å². The number of carbonyl (C=O) groups excluding carboxylic acids is 2. The van der Waals surface area contributed by atoms with Gasteiger partial charge in [0.1, 0.15) is 0 Å². The number of thioether (sulfide) groups is 1. The lowest BCUT2D eigenvalue weighted by molar-refractivity contribution is -0.146. The van der Waals surface area contributed by atoms with Gasteiger partial charge in [0, 0.05) is 35.7 Å². The molecule has 2 saturated heterocycles. The number of likely N-dealkylation sites (tertiary alicyclic amines) is 1. The number of amides is 2. The predicted octanol–water partition coefficient (Wildman–Crippen LogP) is 3.05. The molecule has 4 atom stereocenters. The molecular formula is C26H31N3O4S. The van der Waals surface area contributed by atoms with Gasteiger partial charge in [0.2, 0.25) is 0 Å². The summed E-state index contributed by atoms with van der Waals surface area (Å²) in [6, 6.07) is 14.2. The summed E-state index contributed by atoms with van der Waals surface area (Å²) in [6.07, 6.45) is 4.69. The monoisotopic (exact) mass is 481 g/mol. The maximum atomic E-state index is 13.0. The third-order valence-corrected chi connectivity index (χ3v) is 7.92. The van der Waals surface area contributed by atoms with E-state index in [9.17, 15) is 14.7 Å². The Morgan fingerprint density at radius 1 is 1.24 bits per heavy atom. The Hall–Kier alpha value is -2.55. The van der Waals surface area contributed by atoms with E-state index in [4.69, 9.17) is 4.74 Å². The van der Waals surface area contributed by atoms with Gasteiger partial charge < -0.3 is 25.4 Å². The highest BCUT2D eigenvalue weighted by atomic mass is 32.2. The van der Waals surface area contributed by atoms with Crippen LogP contribution in [0.15, 0.2) is 47.4 Å². The van der Waals surface area contributed by atoms with E-state index in [0.717, 1.165) is 46.5 Å². The molecular weight excluding hydrogens is 450 g/mol. The summed E-state index contributed by atoms with van der Waals surface area (Å²) in [7, 11) is 0. The summed E-state index contributed by atoms with van der Waals surface area (Å²) in [5.74, 6) is -0.992. The van der Waals surface area contributed by atoms with Crippen molar-refractivity contribution in [2.24, 2.45) is 0 Å². The highest BCUT2D eigenvalue weighted by Gasteiger charge is 2.36. The van der Waals surface area contributed by atoms with Crippen LogP contribution in [0, 0.1) is 0 Å². The first kappa shape index (κ1) is 23.2. The number of ether oxygens (including phenoxy) is 1. The molecule has 2 aromatic rings. The van der Waals surface area contributed by atoms with Gasteiger partial charge in [-0.3, -0.25) is 9.59 Å². The molecule has 3 heterocycles. The van der Waals surface area contributed by atoms with Gasteiger partial charge in [0.25, 0.3) is 0 Å². The average molecular weight is 482 g/mol. The van der Waals surface area contributed by atoms with Crippen molar-refractivity contribution in [2.75, 3.05) is 31.3 Å². The molecule has 0 saturated carbocycles. The molecule has 180 valence electrons. The molecule has 3 N–H and O–H groups in total. The van der Waals surface area contributed by atoms with Crippen LogP contribution in [0.3, 0.4) is 0 Å². The summed E-state index contributed by atoms with van der Waals surface area (Å²) >= 11 is 1.67. The van der Waals surface area contributed by atoms with E-state index in [1.54, 1.807) is 16.7 Å². The van der Waals surface area contributed by atoms with E-state index in [2.05, 4.69) is 28.8 Å². The summed E-state index contributed by atoms with van der Waals surface area (Å²) in [5.41, 5.74) is 4.29. The number of rotatable bonds is 5. The Labute approximate surface area is 204 Å². The van der Waals surface area contributed by atoms with E-state index in [-0.39, 0.29) is 18.2 Å². The van der Waals surface area contributed by atoms with Crippen molar-refractivity contribution in [1.29, 1.82) is 0 Å². The van der Waals surface area contributed by atoms with Gasteiger partial charge in [-0.1, -0.05) is 30.3 Å². The topological polar surface area (TPSA) is 90.9 Å². The lowest BCUT2D eigenvalue weighted by Gasteiger charge is -2.40. The van der Waals surface area contributed by atoms with Crippen LogP contribution in [-0.4, -0.2) is 59.9 Å². The number of hydrogen-bond donors (Lipinski definition) is 3. The second-order valence-electron chi connectivity index (χ2n) is 9.20. The zero-order chi connectivity index (χ0) is 23.7. The van der Waals surface area contributed by atoms with E-state index >= 15 is 0 Å². The fraction of sp³-hybridized carbons (Fsp3) is 0.462. The Bertz CT molecular complexity index is 1080. The largest absolute Gasteiger partial charge is 0.389 e. The summed E-state index contributed by atoms with van der Waals surface area (Å²) in [4.78, 5) is 28.5. The van der Waals surface area contributed by atoms with Crippen molar-refractivity contribution in [3.05, 3.63) is 59.2 Å². The maximum Gasteiger partial charge on any atom is 0.312 e. The number of benzene rings is 2. The first-order chi connectivity index (χ1) is 16.5. The molecule has 0 radical (unpaired) electrons. The fourth-order valence-electron chi connectivity index (χ4n) is 5.33. The molecule has 2 aromatic carbocycles. The molecule has 0 aliphatic carbocycles. The van der Waals surface area contributed by atoms with Crippen molar-refractivity contribution >= 4 is 29.3 Å².